The molecule has 20 heavy (non-hydrogen) atoms. The summed E-state index contributed by atoms with van der Waals surface area (Å²) in [6, 6.07) is 3.31. The SMILES string of the molecule is NC(COCC(F)(F)C(F)F)Cc1ccc(Cl)c(F)c1. The van der Waals surface area contributed by atoms with E-state index in [0.29, 0.717) is 5.56 Å². The molecule has 0 aliphatic rings. The van der Waals surface area contributed by atoms with Crippen LogP contribution < -0.4 is 5.73 Å². The molecule has 8 heteroatoms. The highest BCUT2D eigenvalue weighted by Gasteiger charge is 2.41. The van der Waals surface area contributed by atoms with Crippen LogP contribution in [0.15, 0.2) is 18.2 Å². The highest BCUT2D eigenvalue weighted by Crippen LogP contribution is 2.23. The van der Waals surface area contributed by atoms with Crippen LogP contribution in [-0.4, -0.2) is 31.6 Å². The Kier molecular flexibility index (Phi) is 6.16. The van der Waals surface area contributed by atoms with E-state index in [1.807, 2.05) is 0 Å². The van der Waals surface area contributed by atoms with Gasteiger partial charge in [-0.15, -0.1) is 0 Å². The Morgan fingerprint density at radius 2 is 1.95 bits per heavy atom. The van der Waals surface area contributed by atoms with Gasteiger partial charge in [0.2, 0.25) is 0 Å². The predicted octanol–water partition coefficient (Wildman–Crippen LogP) is 3.27. The molecule has 0 amide bonds. The minimum absolute atomic E-state index is 0.0462. The molecule has 0 aliphatic carbocycles. The Bertz CT molecular complexity index is 444. The molecule has 1 aromatic carbocycles. The summed E-state index contributed by atoms with van der Waals surface area (Å²) < 4.78 is 66.4. The number of hydrogen-bond donors (Lipinski definition) is 1. The first-order chi connectivity index (χ1) is 9.22. The van der Waals surface area contributed by atoms with Crippen molar-refractivity contribution in [3.8, 4) is 0 Å². The highest BCUT2D eigenvalue weighted by molar-refractivity contribution is 6.30. The molecule has 0 bridgehead atoms. The standard InChI is InChI=1S/C12H13ClF5NO/c13-9-2-1-7(4-10(9)14)3-8(19)5-20-6-12(17,18)11(15)16/h1-2,4,8,11H,3,5-6,19H2. The van der Waals surface area contributed by atoms with Crippen LogP contribution in [0, 0.1) is 5.82 Å². The van der Waals surface area contributed by atoms with Crippen LogP contribution in [0.4, 0.5) is 22.0 Å². The van der Waals surface area contributed by atoms with Crippen LogP contribution in [-0.2, 0) is 11.2 Å². The molecule has 1 rings (SSSR count). The van der Waals surface area contributed by atoms with Gasteiger partial charge in [0.15, 0.2) is 0 Å². The predicted molar refractivity (Wildman–Crippen MR) is 64.9 cm³/mol. The summed E-state index contributed by atoms with van der Waals surface area (Å²) >= 11 is 5.50. The average molecular weight is 318 g/mol. The fourth-order valence-corrected chi connectivity index (χ4v) is 1.56. The molecule has 0 spiro atoms. The van der Waals surface area contributed by atoms with Crippen molar-refractivity contribution in [1.82, 2.24) is 0 Å². The maximum atomic E-state index is 13.1. The van der Waals surface area contributed by atoms with Gasteiger partial charge in [0.1, 0.15) is 12.4 Å². The summed E-state index contributed by atoms with van der Waals surface area (Å²) in [5, 5.41) is -0.0462. The second kappa shape index (κ2) is 7.19. The third-order valence-electron chi connectivity index (χ3n) is 2.43. The van der Waals surface area contributed by atoms with Crippen LogP contribution in [0.2, 0.25) is 5.02 Å². The molecule has 1 unspecified atom stereocenters. The van der Waals surface area contributed by atoms with E-state index in [1.54, 1.807) is 0 Å². The van der Waals surface area contributed by atoms with Gasteiger partial charge in [-0.2, -0.15) is 8.78 Å². The maximum absolute atomic E-state index is 13.1. The topological polar surface area (TPSA) is 35.2 Å². The first kappa shape index (κ1) is 17.1. The van der Waals surface area contributed by atoms with Crippen LogP contribution >= 0.6 is 11.6 Å². The number of hydrogen-bond acceptors (Lipinski definition) is 2. The van der Waals surface area contributed by atoms with E-state index in [2.05, 4.69) is 4.74 Å². The lowest BCUT2D eigenvalue weighted by molar-refractivity contribution is -0.166. The minimum atomic E-state index is -4.20. The van der Waals surface area contributed by atoms with Crippen molar-refractivity contribution in [2.75, 3.05) is 13.2 Å². The quantitative estimate of drug-likeness (QED) is 0.783. The fourth-order valence-electron chi connectivity index (χ4n) is 1.44. The van der Waals surface area contributed by atoms with E-state index in [1.165, 1.54) is 12.1 Å². The molecule has 114 valence electrons. The Labute approximate surface area is 117 Å². The van der Waals surface area contributed by atoms with Gasteiger partial charge < -0.3 is 10.5 Å². The van der Waals surface area contributed by atoms with Gasteiger partial charge in [0.05, 0.1) is 11.6 Å². The molecule has 0 saturated heterocycles. The largest absolute Gasteiger partial charge is 0.373 e. The van der Waals surface area contributed by atoms with E-state index < -0.39 is 30.8 Å². The summed E-state index contributed by atoms with van der Waals surface area (Å²) in [5.41, 5.74) is 6.09. The van der Waals surface area contributed by atoms with Gasteiger partial charge >= 0.3 is 12.3 Å². The normalized spacial score (nSPS) is 13.8. The van der Waals surface area contributed by atoms with E-state index in [4.69, 9.17) is 17.3 Å². The first-order valence-corrected chi connectivity index (χ1v) is 6.03. The summed E-state index contributed by atoms with van der Waals surface area (Å²) in [4.78, 5) is 0. The van der Waals surface area contributed by atoms with Gasteiger partial charge in [-0.25, -0.2) is 13.2 Å². The van der Waals surface area contributed by atoms with Crippen molar-refractivity contribution >= 4 is 11.6 Å². The second-order valence-electron chi connectivity index (χ2n) is 4.29. The molecule has 0 fully saturated rings. The molecule has 0 aromatic heterocycles. The monoisotopic (exact) mass is 317 g/mol. The molecule has 0 heterocycles. The van der Waals surface area contributed by atoms with Crippen molar-refractivity contribution in [3.63, 3.8) is 0 Å². The third-order valence-corrected chi connectivity index (χ3v) is 2.73. The number of nitrogens with two attached hydrogens (primary N) is 1. The first-order valence-electron chi connectivity index (χ1n) is 5.65. The fraction of sp³-hybridized carbons (Fsp3) is 0.500. The zero-order valence-corrected chi connectivity index (χ0v) is 11.0. The lowest BCUT2D eigenvalue weighted by Gasteiger charge is -2.17. The smallest absolute Gasteiger partial charge is 0.330 e. The van der Waals surface area contributed by atoms with Crippen molar-refractivity contribution < 1.29 is 26.7 Å². The number of halogens is 6. The van der Waals surface area contributed by atoms with E-state index in [0.717, 1.165) is 6.07 Å². The van der Waals surface area contributed by atoms with Gasteiger partial charge in [-0.3, -0.25) is 0 Å². The van der Waals surface area contributed by atoms with E-state index in [-0.39, 0.29) is 18.1 Å². The summed E-state index contributed by atoms with van der Waals surface area (Å²) in [7, 11) is 0. The molecular formula is C12H13ClF5NO. The van der Waals surface area contributed by atoms with Gasteiger partial charge in [0.25, 0.3) is 0 Å². The molecule has 0 aliphatic heterocycles. The Hall–Kier alpha value is -0.920. The zero-order valence-electron chi connectivity index (χ0n) is 10.3. The maximum Gasteiger partial charge on any atom is 0.330 e. The number of alkyl halides is 4. The van der Waals surface area contributed by atoms with Gasteiger partial charge in [0, 0.05) is 6.04 Å². The molecular weight excluding hydrogens is 305 g/mol. The van der Waals surface area contributed by atoms with Gasteiger partial charge in [-0.1, -0.05) is 17.7 Å². The Morgan fingerprint density at radius 3 is 2.50 bits per heavy atom. The Morgan fingerprint density at radius 1 is 1.30 bits per heavy atom. The highest BCUT2D eigenvalue weighted by atomic mass is 35.5. The molecule has 0 radical (unpaired) electrons. The average Bonchev–Trinajstić information content (AvgIpc) is 2.33. The zero-order chi connectivity index (χ0) is 15.3. The summed E-state index contributed by atoms with van der Waals surface area (Å²) in [6.07, 6.45) is -3.64. The van der Waals surface area contributed by atoms with E-state index in [9.17, 15) is 22.0 Å². The molecule has 2 N–H and O–H groups in total. The number of ether oxygens (including phenoxy) is 1. The minimum Gasteiger partial charge on any atom is -0.373 e. The molecule has 0 saturated carbocycles. The van der Waals surface area contributed by atoms with Crippen LogP contribution in [0.1, 0.15) is 5.56 Å². The van der Waals surface area contributed by atoms with Crippen LogP contribution in [0.5, 0.6) is 0 Å². The Balaban J connectivity index is 2.40. The number of rotatable bonds is 7. The van der Waals surface area contributed by atoms with Crippen molar-refractivity contribution in [3.05, 3.63) is 34.6 Å². The molecule has 1 aromatic rings. The van der Waals surface area contributed by atoms with Crippen molar-refractivity contribution in [2.45, 2.75) is 24.8 Å². The molecule has 2 nitrogen and oxygen atoms in total. The van der Waals surface area contributed by atoms with E-state index >= 15 is 0 Å². The summed E-state index contributed by atoms with van der Waals surface area (Å²) in [6.45, 7) is -1.75. The number of benzene rings is 1. The lowest BCUT2D eigenvalue weighted by atomic mass is 10.1. The van der Waals surface area contributed by atoms with Crippen molar-refractivity contribution in [1.29, 1.82) is 0 Å². The summed E-state index contributed by atoms with van der Waals surface area (Å²) in [5.74, 6) is -4.83. The molecule has 1 atom stereocenters. The van der Waals surface area contributed by atoms with Gasteiger partial charge in [-0.05, 0) is 24.1 Å². The lowest BCUT2D eigenvalue weighted by Crippen LogP contribution is -2.36. The van der Waals surface area contributed by atoms with Crippen molar-refractivity contribution in [2.24, 2.45) is 5.73 Å². The third kappa shape index (κ3) is 5.22. The van der Waals surface area contributed by atoms with Crippen LogP contribution in [0.3, 0.4) is 0 Å². The second-order valence-corrected chi connectivity index (χ2v) is 4.70. The van der Waals surface area contributed by atoms with Crippen LogP contribution in [0.25, 0.3) is 0 Å².